The molecule has 5 N–H and O–H groups in total. The molecule has 0 aromatic heterocycles. The maximum absolute atomic E-state index is 5.68. The lowest BCUT2D eigenvalue weighted by Gasteiger charge is -2.14. The summed E-state index contributed by atoms with van der Waals surface area (Å²) >= 11 is 0. The van der Waals surface area contributed by atoms with Crippen LogP contribution in [0.4, 0.5) is 11.4 Å². The van der Waals surface area contributed by atoms with Gasteiger partial charge in [0.05, 0.1) is 0 Å². The minimum atomic E-state index is 0.780. The van der Waals surface area contributed by atoms with Gasteiger partial charge in [-0.05, 0) is 49.3 Å². The van der Waals surface area contributed by atoms with Crippen molar-refractivity contribution in [3.8, 4) is 0 Å². The highest BCUT2D eigenvalue weighted by atomic mass is 14.9. The molecule has 0 bridgehead atoms. The lowest BCUT2D eigenvalue weighted by atomic mass is 10.1. The van der Waals surface area contributed by atoms with E-state index in [1.165, 1.54) is 5.70 Å². The molecule has 0 unspecified atom stereocenters. The van der Waals surface area contributed by atoms with Crippen LogP contribution in [0.3, 0.4) is 0 Å². The smallest absolute Gasteiger partial charge is 0.0383 e. The first-order chi connectivity index (χ1) is 7.24. The van der Waals surface area contributed by atoms with Crippen molar-refractivity contribution in [2.45, 2.75) is 12.8 Å². The van der Waals surface area contributed by atoms with Crippen LogP contribution >= 0.6 is 0 Å². The van der Waals surface area contributed by atoms with Gasteiger partial charge in [-0.15, -0.1) is 0 Å². The summed E-state index contributed by atoms with van der Waals surface area (Å²) in [5.74, 6) is 0. The summed E-state index contributed by atoms with van der Waals surface area (Å²) in [5.41, 5.74) is 15.3. The van der Waals surface area contributed by atoms with E-state index in [9.17, 15) is 0 Å². The quantitative estimate of drug-likeness (QED) is 0.643. The summed E-state index contributed by atoms with van der Waals surface area (Å²) in [6.45, 7) is 0. The number of hydrogen-bond acceptors (Lipinski definition) is 3. The number of anilines is 2. The number of nitrogens with one attached hydrogen (secondary N) is 1. The average Bonchev–Trinajstić information content (AvgIpc) is 2.25. The van der Waals surface area contributed by atoms with Crippen molar-refractivity contribution in [3.63, 3.8) is 0 Å². The molecule has 1 aromatic carbocycles. The van der Waals surface area contributed by atoms with Gasteiger partial charge < -0.3 is 16.8 Å². The topological polar surface area (TPSA) is 64.1 Å². The molecular weight excluding hydrogens is 186 g/mol. The third-order valence-corrected chi connectivity index (χ3v) is 2.40. The third kappa shape index (κ3) is 2.53. The number of nitrogens with two attached hydrogens (primary N) is 2. The predicted molar refractivity (Wildman–Crippen MR) is 64.1 cm³/mol. The largest absolute Gasteiger partial charge is 0.402 e. The van der Waals surface area contributed by atoms with Gasteiger partial charge in [0.1, 0.15) is 0 Å². The van der Waals surface area contributed by atoms with Crippen molar-refractivity contribution in [2.24, 2.45) is 5.73 Å². The molecule has 3 nitrogen and oxygen atoms in total. The first-order valence-electron chi connectivity index (χ1n) is 5.02. The van der Waals surface area contributed by atoms with Crippen molar-refractivity contribution in [1.29, 1.82) is 0 Å². The summed E-state index contributed by atoms with van der Waals surface area (Å²) in [6.07, 6.45) is 5.86. The van der Waals surface area contributed by atoms with E-state index in [1.54, 1.807) is 0 Å². The lowest BCUT2D eigenvalue weighted by molar-refractivity contribution is 0.897. The van der Waals surface area contributed by atoms with Crippen LogP contribution in [0.25, 0.3) is 0 Å². The number of rotatable bonds is 2. The van der Waals surface area contributed by atoms with Crippen LogP contribution in [-0.4, -0.2) is 0 Å². The molecule has 0 atom stereocenters. The highest BCUT2D eigenvalue weighted by molar-refractivity contribution is 5.54. The third-order valence-electron chi connectivity index (χ3n) is 2.40. The number of allylic oxidation sites excluding steroid dienone is 4. The zero-order chi connectivity index (χ0) is 10.7. The molecule has 0 fully saturated rings. The van der Waals surface area contributed by atoms with Gasteiger partial charge in [0, 0.05) is 22.8 Å². The number of benzene rings is 1. The molecule has 1 aliphatic carbocycles. The minimum absolute atomic E-state index is 0.780. The first-order valence-corrected chi connectivity index (χ1v) is 5.02. The van der Waals surface area contributed by atoms with Gasteiger partial charge in [-0.25, -0.2) is 0 Å². The fraction of sp³-hybridized carbons (Fsp3) is 0.167. The summed E-state index contributed by atoms with van der Waals surface area (Å²) in [5, 5.41) is 3.33. The van der Waals surface area contributed by atoms with E-state index < -0.39 is 0 Å². The van der Waals surface area contributed by atoms with Gasteiger partial charge in [-0.2, -0.15) is 0 Å². The van der Waals surface area contributed by atoms with Crippen molar-refractivity contribution < 1.29 is 0 Å². The second-order valence-electron chi connectivity index (χ2n) is 3.68. The van der Waals surface area contributed by atoms with Gasteiger partial charge in [0.25, 0.3) is 0 Å². The molecule has 3 heteroatoms. The molecule has 0 aliphatic heterocycles. The summed E-state index contributed by atoms with van der Waals surface area (Å²) in [7, 11) is 0. The van der Waals surface area contributed by atoms with Crippen molar-refractivity contribution >= 4 is 11.4 Å². The van der Waals surface area contributed by atoms with Gasteiger partial charge >= 0.3 is 0 Å². The molecule has 0 amide bonds. The Morgan fingerprint density at radius 2 is 1.67 bits per heavy atom. The number of nitrogen functional groups attached to an aromatic ring is 1. The Hall–Kier alpha value is -1.90. The second-order valence-corrected chi connectivity index (χ2v) is 3.68. The maximum Gasteiger partial charge on any atom is 0.0383 e. The Kier molecular flexibility index (Phi) is 2.63. The van der Waals surface area contributed by atoms with E-state index in [1.807, 2.05) is 36.4 Å². The molecule has 0 radical (unpaired) electrons. The molecule has 78 valence electrons. The van der Waals surface area contributed by atoms with E-state index in [0.717, 1.165) is 29.9 Å². The van der Waals surface area contributed by atoms with E-state index in [2.05, 4.69) is 5.32 Å². The lowest BCUT2D eigenvalue weighted by Crippen LogP contribution is -2.07. The van der Waals surface area contributed by atoms with Gasteiger partial charge in [0.2, 0.25) is 0 Å². The summed E-state index contributed by atoms with van der Waals surface area (Å²) in [4.78, 5) is 0. The molecule has 0 saturated carbocycles. The van der Waals surface area contributed by atoms with Crippen molar-refractivity contribution in [1.82, 2.24) is 0 Å². The monoisotopic (exact) mass is 201 g/mol. The number of hydrogen-bond donors (Lipinski definition) is 3. The van der Waals surface area contributed by atoms with Crippen LogP contribution in [0.2, 0.25) is 0 Å². The van der Waals surface area contributed by atoms with Gasteiger partial charge in [-0.3, -0.25) is 0 Å². The summed E-state index contributed by atoms with van der Waals surface area (Å²) in [6, 6.07) is 7.71. The Morgan fingerprint density at radius 3 is 2.27 bits per heavy atom. The van der Waals surface area contributed by atoms with Gasteiger partial charge in [-0.1, -0.05) is 0 Å². The van der Waals surface area contributed by atoms with Crippen LogP contribution in [0.1, 0.15) is 12.8 Å². The van der Waals surface area contributed by atoms with Crippen LogP contribution in [0.15, 0.2) is 47.8 Å². The predicted octanol–water partition coefficient (Wildman–Crippen LogP) is 2.20. The second kappa shape index (κ2) is 4.09. The van der Waals surface area contributed by atoms with Crippen LogP contribution in [0.5, 0.6) is 0 Å². The summed E-state index contributed by atoms with van der Waals surface area (Å²) < 4.78 is 0. The molecule has 0 spiro atoms. The fourth-order valence-electron chi connectivity index (χ4n) is 1.51. The first kappa shape index (κ1) is 9.65. The minimum Gasteiger partial charge on any atom is -0.402 e. The van der Waals surface area contributed by atoms with E-state index in [0.29, 0.717) is 0 Å². The highest BCUT2D eigenvalue weighted by Gasteiger charge is 2.03. The van der Waals surface area contributed by atoms with E-state index >= 15 is 0 Å². The van der Waals surface area contributed by atoms with E-state index in [-0.39, 0.29) is 0 Å². The molecular formula is C12H15N3. The molecule has 1 aliphatic rings. The molecule has 2 rings (SSSR count). The Balaban J connectivity index is 2.06. The average molecular weight is 201 g/mol. The Labute approximate surface area is 89.5 Å². The van der Waals surface area contributed by atoms with Crippen molar-refractivity contribution in [3.05, 3.63) is 47.8 Å². The molecule has 1 aromatic rings. The maximum atomic E-state index is 5.68. The van der Waals surface area contributed by atoms with Crippen LogP contribution in [0, 0.1) is 0 Å². The van der Waals surface area contributed by atoms with Gasteiger partial charge in [0.15, 0.2) is 0 Å². The zero-order valence-corrected chi connectivity index (χ0v) is 8.53. The molecule has 0 saturated heterocycles. The van der Waals surface area contributed by atoms with E-state index in [4.69, 9.17) is 11.5 Å². The Bertz CT molecular complexity index is 401. The van der Waals surface area contributed by atoms with Crippen molar-refractivity contribution in [2.75, 3.05) is 11.1 Å². The van der Waals surface area contributed by atoms with Crippen LogP contribution in [-0.2, 0) is 0 Å². The Morgan fingerprint density at radius 1 is 0.933 bits per heavy atom. The van der Waals surface area contributed by atoms with Crippen LogP contribution < -0.4 is 16.8 Å². The highest BCUT2D eigenvalue weighted by Crippen LogP contribution is 2.19. The molecule has 0 heterocycles. The zero-order valence-electron chi connectivity index (χ0n) is 8.53. The SMILES string of the molecule is NC1=CC=C(Nc2ccc(N)cc2)CC1. The normalized spacial score (nSPS) is 15.5. The standard InChI is InChI=1S/C12H15N3/c13-9-1-5-11(6-2-9)15-12-7-3-10(14)4-8-12/h1-3,5-7,15H,4,8,13-14H2. The molecule has 15 heavy (non-hydrogen) atoms. The fourth-order valence-corrected chi connectivity index (χ4v) is 1.51.